The molecule has 0 radical (unpaired) electrons. The van der Waals surface area contributed by atoms with Crippen molar-refractivity contribution in [3.63, 3.8) is 0 Å². The second-order valence-electron chi connectivity index (χ2n) is 2.96. The van der Waals surface area contributed by atoms with E-state index in [2.05, 4.69) is 9.97 Å². The summed E-state index contributed by atoms with van der Waals surface area (Å²) in [6, 6.07) is 5.65. The van der Waals surface area contributed by atoms with Crippen molar-refractivity contribution >= 4 is 11.1 Å². The maximum Gasteiger partial charge on any atom is 0.268 e. The second-order valence-corrected chi connectivity index (χ2v) is 3.93. The number of hydrogen-bond acceptors (Lipinski definition) is 2. The van der Waals surface area contributed by atoms with Gasteiger partial charge in [-0.05, 0) is 24.3 Å². The van der Waals surface area contributed by atoms with E-state index in [-0.39, 0.29) is 10.7 Å². The predicted octanol–water partition coefficient (Wildman–Crippen LogP) is 1.94. The Hall–Kier alpha value is -1.60. The van der Waals surface area contributed by atoms with Crippen LogP contribution in [0.5, 0.6) is 0 Å². The molecule has 1 aromatic carbocycles. The van der Waals surface area contributed by atoms with Gasteiger partial charge in [0.15, 0.2) is 11.1 Å². The van der Waals surface area contributed by atoms with Gasteiger partial charge in [0.05, 0.1) is 4.90 Å². The number of hydrogen-bond donors (Lipinski definition) is 2. The van der Waals surface area contributed by atoms with Crippen LogP contribution in [-0.2, 0) is 11.1 Å². The van der Waals surface area contributed by atoms with E-state index in [1.807, 2.05) is 0 Å². The van der Waals surface area contributed by atoms with Gasteiger partial charge in [0.25, 0.3) is 5.95 Å². The molecule has 0 bridgehead atoms. The van der Waals surface area contributed by atoms with Gasteiger partial charge in [-0.3, -0.25) is 0 Å². The SMILES string of the molecule is O=S(O)c1ccc(-c2nc(F)c(F)[nH]2)cc1. The Bertz CT molecular complexity index is 519. The van der Waals surface area contributed by atoms with Crippen molar-refractivity contribution in [1.82, 2.24) is 9.97 Å². The van der Waals surface area contributed by atoms with E-state index in [0.717, 1.165) is 0 Å². The Morgan fingerprint density at radius 3 is 2.31 bits per heavy atom. The highest BCUT2D eigenvalue weighted by Gasteiger charge is 2.10. The van der Waals surface area contributed by atoms with E-state index in [9.17, 15) is 13.0 Å². The minimum absolute atomic E-state index is 0.0327. The van der Waals surface area contributed by atoms with E-state index in [1.54, 1.807) is 0 Å². The molecule has 0 aliphatic rings. The second kappa shape index (κ2) is 4.11. The van der Waals surface area contributed by atoms with E-state index < -0.39 is 23.0 Å². The lowest BCUT2D eigenvalue weighted by Crippen LogP contribution is -1.88. The summed E-state index contributed by atoms with van der Waals surface area (Å²) in [6.45, 7) is 0. The average Bonchev–Trinajstić information content (AvgIpc) is 2.59. The monoisotopic (exact) mass is 244 g/mol. The molecular weight excluding hydrogens is 238 g/mol. The Labute approximate surface area is 91.6 Å². The van der Waals surface area contributed by atoms with Crippen molar-refractivity contribution < 1.29 is 17.5 Å². The number of aromatic nitrogens is 2. The van der Waals surface area contributed by atoms with Crippen molar-refractivity contribution in [2.75, 3.05) is 0 Å². The van der Waals surface area contributed by atoms with Crippen molar-refractivity contribution in [2.24, 2.45) is 0 Å². The third kappa shape index (κ3) is 2.00. The van der Waals surface area contributed by atoms with Gasteiger partial charge in [0.1, 0.15) is 5.82 Å². The molecule has 2 N–H and O–H groups in total. The summed E-state index contributed by atoms with van der Waals surface area (Å²) < 4.78 is 44.7. The predicted molar refractivity (Wildman–Crippen MR) is 53.0 cm³/mol. The van der Waals surface area contributed by atoms with Gasteiger partial charge < -0.3 is 9.54 Å². The quantitative estimate of drug-likeness (QED) is 0.793. The fourth-order valence-corrected chi connectivity index (χ4v) is 1.57. The minimum atomic E-state index is -2.07. The molecule has 2 rings (SSSR count). The first kappa shape index (κ1) is 10.9. The minimum Gasteiger partial charge on any atom is -0.312 e. The van der Waals surface area contributed by atoms with Crippen LogP contribution in [0.25, 0.3) is 11.4 Å². The highest BCUT2D eigenvalue weighted by molar-refractivity contribution is 7.79. The Kier molecular flexibility index (Phi) is 2.80. The fraction of sp³-hybridized carbons (Fsp3) is 0. The molecule has 0 fully saturated rings. The van der Waals surface area contributed by atoms with Crippen LogP contribution in [0.4, 0.5) is 8.78 Å². The lowest BCUT2D eigenvalue weighted by molar-refractivity contribution is 0.475. The molecule has 84 valence electrons. The van der Waals surface area contributed by atoms with Crippen LogP contribution in [0.15, 0.2) is 29.2 Å². The number of imidazole rings is 1. The van der Waals surface area contributed by atoms with Gasteiger partial charge in [0.2, 0.25) is 5.95 Å². The lowest BCUT2D eigenvalue weighted by Gasteiger charge is -1.97. The standard InChI is InChI=1S/C9H6F2N2O2S/c10-7-8(11)13-9(12-7)5-1-3-6(4-2-5)16(14)15/h1-4H,(H,12,13)(H,14,15). The zero-order chi connectivity index (χ0) is 11.7. The Balaban J connectivity index is 2.38. The molecule has 0 aliphatic heterocycles. The smallest absolute Gasteiger partial charge is 0.268 e. The van der Waals surface area contributed by atoms with Crippen LogP contribution in [0, 0.1) is 11.9 Å². The molecule has 0 amide bonds. The Morgan fingerprint density at radius 2 is 1.88 bits per heavy atom. The summed E-state index contributed by atoms with van der Waals surface area (Å²) >= 11 is -2.07. The molecule has 1 heterocycles. The maximum absolute atomic E-state index is 12.7. The molecule has 0 spiro atoms. The van der Waals surface area contributed by atoms with Crippen molar-refractivity contribution in [2.45, 2.75) is 4.90 Å². The van der Waals surface area contributed by atoms with Gasteiger partial charge in [-0.1, -0.05) is 0 Å². The molecule has 0 aliphatic carbocycles. The molecule has 7 heteroatoms. The van der Waals surface area contributed by atoms with Crippen molar-refractivity contribution in [3.8, 4) is 11.4 Å². The number of nitrogens with zero attached hydrogens (tertiary/aromatic N) is 1. The maximum atomic E-state index is 12.7. The summed E-state index contributed by atoms with van der Waals surface area (Å²) in [7, 11) is 0. The van der Waals surface area contributed by atoms with Crippen molar-refractivity contribution in [3.05, 3.63) is 36.2 Å². The van der Waals surface area contributed by atoms with Gasteiger partial charge in [0, 0.05) is 5.56 Å². The van der Waals surface area contributed by atoms with E-state index >= 15 is 0 Å². The van der Waals surface area contributed by atoms with Gasteiger partial charge in [-0.25, -0.2) is 4.21 Å². The zero-order valence-corrected chi connectivity index (χ0v) is 8.59. The van der Waals surface area contributed by atoms with Crippen LogP contribution < -0.4 is 0 Å². The average molecular weight is 244 g/mol. The van der Waals surface area contributed by atoms with E-state index in [4.69, 9.17) is 4.55 Å². The molecule has 16 heavy (non-hydrogen) atoms. The Morgan fingerprint density at radius 1 is 1.25 bits per heavy atom. The molecule has 1 atom stereocenters. The summed E-state index contributed by atoms with van der Waals surface area (Å²) in [5.41, 5.74) is 0.428. The molecule has 4 nitrogen and oxygen atoms in total. The highest BCUT2D eigenvalue weighted by atomic mass is 32.2. The zero-order valence-electron chi connectivity index (χ0n) is 7.78. The highest BCUT2D eigenvalue weighted by Crippen LogP contribution is 2.18. The normalized spacial score (nSPS) is 12.7. The number of H-pyrrole nitrogens is 1. The summed E-state index contributed by atoms with van der Waals surface area (Å²) in [5.74, 6) is -2.31. The molecule has 1 aromatic heterocycles. The van der Waals surface area contributed by atoms with Crippen molar-refractivity contribution in [1.29, 1.82) is 0 Å². The molecule has 0 saturated heterocycles. The van der Waals surface area contributed by atoms with Gasteiger partial charge in [-0.2, -0.15) is 13.8 Å². The molecule has 1 unspecified atom stereocenters. The first-order valence-electron chi connectivity index (χ1n) is 4.20. The first-order chi connectivity index (χ1) is 7.58. The number of rotatable bonds is 2. The number of halogens is 2. The van der Waals surface area contributed by atoms with Crippen LogP contribution in [-0.4, -0.2) is 18.7 Å². The topological polar surface area (TPSA) is 66.0 Å². The van der Waals surface area contributed by atoms with Crippen LogP contribution in [0.3, 0.4) is 0 Å². The number of benzene rings is 1. The van der Waals surface area contributed by atoms with Crippen LogP contribution in [0.1, 0.15) is 0 Å². The lowest BCUT2D eigenvalue weighted by atomic mass is 10.2. The molecule has 2 aromatic rings. The van der Waals surface area contributed by atoms with Crippen LogP contribution >= 0.6 is 0 Å². The van der Waals surface area contributed by atoms with E-state index in [1.165, 1.54) is 24.3 Å². The van der Waals surface area contributed by atoms with Gasteiger partial charge >= 0.3 is 0 Å². The summed E-state index contributed by atoms with van der Waals surface area (Å²) in [4.78, 5) is 5.64. The first-order valence-corrected chi connectivity index (χ1v) is 5.31. The third-order valence-corrected chi connectivity index (χ3v) is 2.62. The molecular formula is C9H6F2N2O2S. The largest absolute Gasteiger partial charge is 0.312 e. The molecule has 0 saturated carbocycles. The summed E-state index contributed by atoms with van der Waals surface area (Å²) in [6.07, 6.45) is 0. The number of nitrogens with one attached hydrogen (secondary N) is 1. The van der Waals surface area contributed by atoms with Gasteiger partial charge in [-0.15, -0.1) is 0 Å². The van der Waals surface area contributed by atoms with E-state index in [0.29, 0.717) is 5.56 Å². The summed E-state index contributed by atoms with van der Waals surface area (Å²) in [5, 5.41) is 0. The third-order valence-electron chi connectivity index (χ3n) is 1.95. The number of aromatic amines is 1. The van der Waals surface area contributed by atoms with Crippen LogP contribution in [0.2, 0.25) is 0 Å². The fourth-order valence-electron chi connectivity index (χ4n) is 1.20.